The zero-order valence-electron chi connectivity index (χ0n) is 17.4. The summed E-state index contributed by atoms with van der Waals surface area (Å²) in [7, 11) is 1.23. The molecule has 0 atom stereocenters. The first-order valence-corrected chi connectivity index (χ1v) is 11.6. The van der Waals surface area contributed by atoms with E-state index in [1.807, 2.05) is 0 Å². The third kappa shape index (κ3) is 5.96. The number of carbonyl (C=O) groups excluding carboxylic acids is 4. The summed E-state index contributed by atoms with van der Waals surface area (Å²) < 4.78 is 9.78. The second kappa shape index (κ2) is 11.1. The minimum atomic E-state index is -0.593. The molecule has 0 aromatic heterocycles. The van der Waals surface area contributed by atoms with Gasteiger partial charge in [0.2, 0.25) is 5.91 Å². The number of benzene rings is 1. The second-order valence-electron chi connectivity index (χ2n) is 7.24. The van der Waals surface area contributed by atoms with E-state index in [2.05, 4.69) is 4.74 Å². The first-order chi connectivity index (χ1) is 15.3. The molecule has 2 saturated heterocycles. The summed E-state index contributed by atoms with van der Waals surface area (Å²) in [6, 6.07) is 2.99. The topological polar surface area (TPSA) is 93.2 Å². The smallest absolute Gasteiger partial charge is 0.343 e. The Morgan fingerprint density at radius 3 is 2.31 bits per heavy atom. The Morgan fingerprint density at radius 1 is 1.09 bits per heavy atom. The van der Waals surface area contributed by atoms with E-state index < -0.39 is 17.1 Å². The Morgan fingerprint density at radius 2 is 1.72 bits per heavy atom. The summed E-state index contributed by atoms with van der Waals surface area (Å²) in [6.45, 7) is 0.654. The van der Waals surface area contributed by atoms with E-state index in [4.69, 9.17) is 27.9 Å². The van der Waals surface area contributed by atoms with E-state index in [-0.39, 0.29) is 39.8 Å². The lowest BCUT2D eigenvalue weighted by atomic mass is 10.2. The number of halogens is 2. The van der Waals surface area contributed by atoms with Gasteiger partial charge in [-0.1, -0.05) is 36.0 Å². The molecule has 0 saturated carbocycles. The zero-order chi connectivity index (χ0) is 23.3. The Bertz CT molecular complexity index is 937. The first-order valence-electron chi connectivity index (χ1n) is 10.0. The van der Waals surface area contributed by atoms with Gasteiger partial charge in [0.15, 0.2) is 12.4 Å². The number of imide groups is 1. The van der Waals surface area contributed by atoms with Crippen molar-refractivity contribution >= 4 is 64.1 Å². The van der Waals surface area contributed by atoms with Crippen molar-refractivity contribution in [1.29, 1.82) is 0 Å². The molecule has 1 aromatic rings. The number of likely N-dealkylation sites (tertiary alicyclic amines) is 1. The number of ether oxygens (including phenoxy) is 2. The first kappa shape index (κ1) is 24.4. The molecule has 2 aliphatic rings. The second-order valence-corrected chi connectivity index (χ2v) is 9.05. The maximum atomic E-state index is 12.8. The molecule has 3 rings (SSSR count). The fourth-order valence-electron chi connectivity index (χ4n) is 3.33. The highest BCUT2D eigenvalue weighted by Crippen LogP contribution is 2.37. The molecule has 172 valence electrons. The number of amides is 3. The summed E-state index contributed by atoms with van der Waals surface area (Å²) in [5.41, 5.74) is 0.467. The standard InChI is InChI=1S/C21H22Cl2N2O6S/c1-30-18(27)12-31-19-14(22)8-13(9-15(19)23)10-16-20(28)25(21(29)32-16)11-17(26)24-6-4-2-3-5-7-24/h8-10H,2-7,11-12H2,1H3. The van der Waals surface area contributed by atoms with Crippen molar-refractivity contribution in [1.82, 2.24) is 9.80 Å². The molecule has 11 heteroatoms. The van der Waals surface area contributed by atoms with Crippen LogP contribution >= 0.6 is 35.0 Å². The Hall–Kier alpha value is -2.23. The maximum Gasteiger partial charge on any atom is 0.343 e. The van der Waals surface area contributed by atoms with Crippen LogP contribution in [0.25, 0.3) is 6.08 Å². The molecule has 0 radical (unpaired) electrons. The van der Waals surface area contributed by atoms with Gasteiger partial charge in [0.05, 0.1) is 22.1 Å². The Kier molecular flexibility index (Phi) is 8.44. The highest BCUT2D eigenvalue weighted by atomic mass is 35.5. The number of esters is 1. The molecule has 2 fully saturated rings. The van der Waals surface area contributed by atoms with E-state index in [1.54, 1.807) is 4.90 Å². The van der Waals surface area contributed by atoms with Crippen LogP contribution in [-0.2, 0) is 19.1 Å². The lowest BCUT2D eigenvalue weighted by molar-refractivity contribution is -0.142. The number of thioether (sulfide) groups is 1. The van der Waals surface area contributed by atoms with Crippen LogP contribution in [0, 0.1) is 0 Å². The molecule has 3 amide bonds. The summed E-state index contributed by atoms with van der Waals surface area (Å²) in [5.74, 6) is -1.26. The lowest BCUT2D eigenvalue weighted by Gasteiger charge is -2.22. The fourth-order valence-corrected chi connectivity index (χ4v) is 4.79. The van der Waals surface area contributed by atoms with Gasteiger partial charge >= 0.3 is 5.97 Å². The molecule has 0 spiro atoms. The van der Waals surface area contributed by atoms with E-state index in [9.17, 15) is 19.2 Å². The summed E-state index contributed by atoms with van der Waals surface area (Å²) in [6.07, 6.45) is 5.48. The SMILES string of the molecule is COC(=O)COc1c(Cl)cc(C=C2SC(=O)N(CC(=O)N3CCCCCC3)C2=O)cc1Cl. The van der Waals surface area contributed by atoms with Gasteiger partial charge in [0, 0.05) is 13.1 Å². The van der Waals surface area contributed by atoms with Gasteiger partial charge in [0.25, 0.3) is 11.1 Å². The van der Waals surface area contributed by atoms with Gasteiger partial charge in [-0.15, -0.1) is 0 Å². The van der Waals surface area contributed by atoms with Gasteiger partial charge in [-0.05, 0) is 48.4 Å². The van der Waals surface area contributed by atoms with Crippen LogP contribution in [-0.4, -0.2) is 66.2 Å². The monoisotopic (exact) mass is 500 g/mol. The molecule has 8 nitrogen and oxygen atoms in total. The average molecular weight is 501 g/mol. The molecule has 2 aliphatic heterocycles. The van der Waals surface area contributed by atoms with Crippen molar-refractivity contribution in [2.24, 2.45) is 0 Å². The van der Waals surface area contributed by atoms with Crippen LogP contribution in [0.5, 0.6) is 5.75 Å². The summed E-state index contributed by atoms with van der Waals surface area (Å²) in [4.78, 5) is 51.8. The van der Waals surface area contributed by atoms with Gasteiger partial charge in [0.1, 0.15) is 6.54 Å². The largest absolute Gasteiger partial charge is 0.479 e. The molecule has 2 heterocycles. The fraction of sp³-hybridized carbons (Fsp3) is 0.429. The van der Waals surface area contributed by atoms with Crippen molar-refractivity contribution in [3.63, 3.8) is 0 Å². The zero-order valence-corrected chi connectivity index (χ0v) is 19.7. The number of hydrogen-bond acceptors (Lipinski definition) is 7. The van der Waals surface area contributed by atoms with Gasteiger partial charge in [-0.2, -0.15) is 0 Å². The summed E-state index contributed by atoms with van der Waals surface area (Å²) >= 11 is 13.1. The number of carbonyl (C=O) groups is 4. The minimum absolute atomic E-state index is 0.104. The molecular formula is C21H22Cl2N2O6S. The summed E-state index contributed by atoms with van der Waals surface area (Å²) in [5, 5.41) is -0.244. The lowest BCUT2D eigenvalue weighted by Crippen LogP contribution is -2.42. The number of hydrogen-bond donors (Lipinski definition) is 0. The van der Waals surface area contributed by atoms with Crippen LogP contribution in [0.4, 0.5) is 4.79 Å². The van der Waals surface area contributed by atoms with Crippen LogP contribution in [0.3, 0.4) is 0 Å². The molecule has 0 bridgehead atoms. The normalized spacial score (nSPS) is 18.2. The number of rotatable bonds is 6. The van der Waals surface area contributed by atoms with Crippen molar-refractivity contribution in [3.05, 3.63) is 32.6 Å². The van der Waals surface area contributed by atoms with Crippen LogP contribution in [0.2, 0.25) is 10.0 Å². The van der Waals surface area contributed by atoms with Crippen molar-refractivity contribution in [3.8, 4) is 5.75 Å². The molecule has 0 N–H and O–H groups in total. The molecule has 1 aromatic carbocycles. The maximum absolute atomic E-state index is 12.8. The van der Waals surface area contributed by atoms with Gasteiger partial charge < -0.3 is 14.4 Å². The number of methoxy groups -OCH3 is 1. The van der Waals surface area contributed by atoms with Crippen molar-refractivity contribution < 1.29 is 28.7 Å². The van der Waals surface area contributed by atoms with Gasteiger partial charge in [-0.25, -0.2) is 4.79 Å². The third-order valence-electron chi connectivity index (χ3n) is 5.01. The van der Waals surface area contributed by atoms with E-state index in [0.717, 1.165) is 42.3 Å². The number of nitrogens with zero attached hydrogens (tertiary/aromatic N) is 2. The van der Waals surface area contributed by atoms with Gasteiger partial charge in [-0.3, -0.25) is 19.3 Å². The minimum Gasteiger partial charge on any atom is -0.479 e. The average Bonchev–Trinajstić information content (AvgIpc) is 2.95. The third-order valence-corrected chi connectivity index (χ3v) is 6.48. The predicted molar refractivity (Wildman–Crippen MR) is 122 cm³/mol. The quantitative estimate of drug-likeness (QED) is 0.430. The predicted octanol–water partition coefficient (Wildman–Crippen LogP) is 3.98. The molecule has 0 aliphatic carbocycles. The molecular weight excluding hydrogens is 479 g/mol. The molecule has 32 heavy (non-hydrogen) atoms. The van der Waals surface area contributed by atoms with Crippen molar-refractivity contribution in [2.75, 3.05) is 33.4 Å². The van der Waals surface area contributed by atoms with E-state index in [1.165, 1.54) is 25.3 Å². The molecule has 0 unspecified atom stereocenters. The van der Waals surface area contributed by atoms with E-state index in [0.29, 0.717) is 18.7 Å². The Labute approximate surface area is 199 Å². The highest BCUT2D eigenvalue weighted by Gasteiger charge is 2.37. The van der Waals surface area contributed by atoms with Crippen molar-refractivity contribution in [2.45, 2.75) is 25.7 Å². The van der Waals surface area contributed by atoms with Crippen LogP contribution < -0.4 is 4.74 Å². The highest BCUT2D eigenvalue weighted by molar-refractivity contribution is 8.18. The Balaban J connectivity index is 1.71. The van der Waals surface area contributed by atoms with Crippen LogP contribution in [0.15, 0.2) is 17.0 Å². The van der Waals surface area contributed by atoms with E-state index >= 15 is 0 Å². The van der Waals surface area contributed by atoms with Crippen LogP contribution in [0.1, 0.15) is 31.2 Å².